The summed E-state index contributed by atoms with van der Waals surface area (Å²) in [6, 6.07) is 25.2. The summed E-state index contributed by atoms with van der Waals surface area (Å²) >= 11 is 0. The minimum atomic E-state index is -0.115. The van der Waals surface area contributed by atoms with Crippen LogP contribution in [-0.4, -0.2) is 10.9 Å². The van der Waals surface area contributed by atoms with Gasteiger partial charge in [-0.25, -0.2) is 0 Å². The number of rotatable bonds is 5. The number of nitrogens with zero attached hydrogens (tertiary/aromatic N) is 1. The zero-order valence-corrected chi connectivity index (χ0v) is 13.2. The fourth-order valence-electron chi connectivity index (χ4n) is 2.38. The van der Waals surface area contributed by atoms with Gasteiger partial charge in [0.15, 0.2) is 0 Å². The number of carbonyl (C=O) groups excluding carboxylic acids is 1. The van der Waals surface area contributed by atoms with Crippen molar-refractivity contribution in [3.05, 3.63) is 102 Å². The molecule has 0 unspecified atom stereocenters. The van der Waals surface area contributed by atoms with Crippen LogP contribution in [-0.2, 0) is 11.3 Å². The lowest BCUT2D eigenvalue weighted by Gasteiger charge is -2.09. The largest absolute Gasteiger partial charge is 0.346 e. The molecule has 0 radical (unpaired) electrons. The Morgan fingerprint density at radius 3 is 2.21 bits per heavy atom. The van der Waals surface area contributed by atoms with Gasteiger partial charge in [0.05, 0.1) is 12.2 Å². The zero-order chi connectivity index (χ0) is 16.6. The highest BCUT2D eigenvalue weighted by Gasteiger charge is 2.12. The SMILES string of the molecule is O=C(NCc1ccccn1)/C(=C\c1ccccc1)c1ccccc1. The maximum absolute atomic E-state index is 12.7. The summed E-state index contributed by atoms with van der Waals surface area (Å²) in [7, 11) is 0. The maximum Gasteiger partial charge on any atom is 0.252 e. The van der Waals surface area contributed by atoms with Gasteiger partial charge in [0.2, 0.25) is 0 Å². The highest BCUT2D eigenvalue weighted by atomic mass is 16.1. The Kier molecular flexibility index (Phi) is 5.15. The number of amides is 1. The van der Waals surface area contributed by atoms with E-state index in [1.165, 1.54) is 0 Å². The number of hydrogen-bond donors (Lipinski definition) is 1. The van der Waals surface area contributed by atoms with E-state index < -0.39 is 0 Å². The molecule has 0 saturated carbocycles. The molecule has 1 N–H and O–H groups in total. The second-order valence-electron chi connectivity index (χ2n) is 5.34. The third-order valence-electron chi connectivity index (χ3n) is 3.60. The molecule has 0 fully saturated rings. The quantitative estimate of drug-likeness (QED) is 0.572. The van der Waals surface area contributed by atoms with Gasteiger partial charge < -0.3 is 5.32 Å². The molecule has 0 aliphatic carbocycles. The first-order chi connectivity index (χ1) is 11.8. The molecular weight excluding hydrogens is 296 g/mol. The van der Waals surface area contributed by atoms with Crippen LogP contribution in [0.25, 0.3) is 11.6 Å². The number of pyridine rings is 1. The monoisotopic (exact) mass is 314 g/mol. The average molecular weight is 314 g/mol. The van der Waals surface area contributed by atoms with E-state index in [4.69, 9.17) is 0 Å². The standard InChI is InChI=1S/C21H18N2O/c24-21(23-16-19-13-7-8-14-22-19)20(18-11-5-2-6-12-18)15-17-9-3-1-4-10-17/h1-15H,16H2,(H,23,24)/b20-15-. The number of hydrogen-bond acceptors (Lipinski definition) is 2. The van der Waals surface area contributed by atoms with Gasteiger partial charge in [0, 0.05) is 11.8 Å². The molecule has 1 amide bonds. The van der Waals surface area contributed by atoms with Crippen molar-refractivity contribution in [1.82, 2.24) is 10.3 Å². The minimum Gasteiger partial charge on any atom is -0.346 e. The van der Waals surface area contributed by atoms with Crippen molar-refractivity contribution >= 4 is 17.6 Å². The van der Waals surface area contributed by atoms with E-state index in [2.05, 4.69) is 10.3 Å². The van der Waals surface area contributed by atoms with E-state index in [-0.39, 0.29) is 5.91 Å². The summed E-state index contributed by atoms with van der Waals surface area (Å²) in [5, 5.41) is 2.95. The molecule has 0 spiro atoms. The van der Waals surface area contributed by atoms with Crippen LogP contribution >= 0.6 is 0 Å². The minimum absolute atomic E-state index is 0.115. The Morgan fingerprint density at radius 2 is 1.54 bits per heavy atom. The molecule has 24 heavy (non-hydrogen) atoms. The van der Waals surface area contributed by atoms with E-state index in [9.17, 15) is 4.79 Å². The first-order valence-electron chi connectivity index (χ1n) is 7.83. The van der Waals surface area contributed by atoms with Gasteiger partial charge in [0.25, 0.3) is 5.91 Å². The summed E-state index contributed by atoms with van der Waals surface area (Å²) in [6.45, 7) is 0.401. The van der Waals surface area contributed by atoms with Crippen molar-refractivity contribution in [2.75, 3.05) is 0 Å². The Morgan fingerprint density at radius 1 is 0.875 bits per heavy atom. The molecule has 3 nitrogen and oxygen atoms in total. The molecule has 3 aromatic rings. The number of aromatic nitrogens is 1. The Labute approximate surface area is 141 Å². The van der Waals surface area contributed by atoms with Crippen LogP contribution in [0.1, 0.15) is 16.8 Å². The highest BCUT2D eigenvalue weighted by molar-refractivity contribution is 6.24. The first kappa shape index (κ1) is 15.7. The van der Waals surface area contributed by atoms with E-state index in [1.54, 1.807) is 6.20 Å². The van der Waals surface area contributed by atoms with Crippen LogP contribution in [0.2, 0.25) is 0 Å². The van der Waals surface area contributed by atoms with Gasteiger partial charge in [0.1, 0.15) is 0 Å². The van der Waals surface area contributed by atoms with Crippen molar-refractivity contribution < 1.29 is 4.79 Å². The molecule has 1 aromatic heterocycles. The third-order valence-corrected chi connectivity index (χ3v) is 3.60. The third kappa shape index (κ3) is 4.17. The molecule has 0 aliphatic rings. The van der Waals surface area contributed by atoms with Gasteiger partial charge in [-0.15, -0.1) is 0 Å². The average Bonchev–Trinajstić information content (AvgIpc) is 2.66. The van der Waals surface area contributed by atoms with Gasteiger partial charge in [-0.05, 0) is 29.3 Å². The van der Waals surface area contributed by atoms with Crippen molar-refractivity contribution in [3.63, 3.8) is 0 Å². The van der Waals surface area contributed by atoms with E-state index in [0.717, 1.165) is 16.8 Å². The molecule has 118 valence electrons. The van der Waals surface area contributed by atoms with Crippen LogP contribution in [0.15, 0.2) is 85.1 Å². The van der Waals surface area contributed by atoms with Crippen LogP contribution < -0.4 is 5.32 Å². The predicted molar refractivity (Wildman–Crippen MR) is 96.8 cm³/mol. The zero-order valence-electron chi connectivity index (χ0n) is 13.2. The van der Waals surface area contributed by atoms with Crippen molar-refractivity contribution in [3.8, 4) is 0 Å². The van der Waals surface area contributed by atoms with Crippen LogP contribution in [0, 0.1) is 0 Å². The smallest absolute Gasteiger partial charge is 0.252 e. The molecule has 0 aliphatic heterocycles. The lowest BCUT2D eigenvalue weighted by Crippen LogP contribution is -2.24. The Bertz CT molecular complexity index is 812. The fourth-order valence-corrected chi connectivity index (χ4v) is 2.38. The van der Waals surface area contributed by atoms with Gasteiger partial charge >= 0.3 is 0 Å². The first-order valence-corrected chi connectivity index (χ1v) is 7.83. The fraction of sp³-hybridized carbons (Fsp3) is 0.0476. The lowest BCUT2D eigenvalue weighted by atomic mass is 10.0. The molecule has 3 heteroatoms. The molecule has 0 bridgehead atoms. The topological polar surface area (TPSA) is 42.0 Å². The Hall–Kier alpha value is -3.20. The summed E-state index contributed by atoms with van der Waals surface area (Å²) in [4.78, 5) is 16.9. The van der Waals surface area contributed by atoms with Crippen LogP contribution in [0.4, 0.5) is 0 Å². The molecule has 0 saturated heterocycles. The van der Waals surface area contributed by atoms with Crippen molar-refractivity contribution in [2.45, 2.75) is 6.54 Å². The van der Waals surface area contributed by atoms with E-state index >= 15 is 0 Å². The highest BCUT2D eigenvalue weighted by Crippen LogP contribution is 2.18. The van der Waals surface area contributed by atoms with E-state index in [1.807, 2.05) is 84.9 Å². The molecule has 3 rings (SSSR count). The molecule has 1 heterocycles. The molecule has 2 aromatic carbocycles. The summed E-state index contributed by atoms with van der Waals surface area (Å²) in [5.41, 5.74) is 3.35. The second kappa shape index (κ2) is 7.88. The van der Waals surface area contributed by atoms with Crippen molar-refractivity contribution in [1.29, 1.82) is 0 Å². The Balaban J connectivity index is 1.84. The summed E-state index contributed by atoms with van der Waals surface area (Å²) in [6.07, 6.45) is 3.63. The summed E-state index contributed by atoms with van der Waals surface area (Å²) < 4.78 is 0. The van der Waals surface area contributed by atoms with Gasteiger partial charge in [-0.3, -0.25) is 9.78 Å². The maximum atomic E-state index is 12.7. The van der Waals surface area contributed by atoms with Gasteiger partial charge in [-0.1, -0.05) is 66.7 Å². The lowest BCUT2D eigenvalue weighted by molar-refractivity contribution is -0.115. The van der Waals surface area contributed by atoms with E-state index in [0.29, 0.717) is 12.1 Å². The second-order valence-corrected chi connectivity index (χ2v) is 5.34. The van der Waals surface area contributed by atoms with Crippen LogP contribution in [0.3, 0.4) is 0 Å². The van der Waals surface area contributed by atoms with Crippen molar-refractivity contribution in [2.24, 2.45) is 0 Å². The molecular formula is C21H18N2O. The normalized spacial score (nSPS) is 11.1. The van der Waals surface area contributed by atoms with Crippen LogP contribution in [0.5, 0.6) is 0 Å². The van der Waals surface area contributed by atoms with Gasteiger partial charge in [-0.2, -0.15) is 0 Å². The number of benzene rings is 2. The number of carbonyl (C=O) groups is 1. The predicted octanol–water partition coefficient (Wildman–Crippen LogP) is 3.94. The number of nitrogens with one attached hydrogen (secondary N) is 1. The summed E-state index contributed by atoms with van der Waals surface area (Å²) in [5.74, 6) is -0.115. The molecule has 0 atom stereocenters.